The number of benzene rings is 3. The lowest BCUT2D eigenvalue weighted by Gasteiger charge is -2.33. The fourth-order valence-electron chi connectivity index (χ4n) is 9.14. The number of ether oxygens (including phenoxy) is 3. The summed E-state index contributed by atoms with van der Waals surface area (Å²) in [7, 11) is 2.76. The maximum absolute atomic E-state index is 13.9. The summed E-state index contributed by atoms with van der Waals surface area (Å²) < 4.78 is 16.6. The van der Waals surface area contributed by atoms with Crippen LogP contribution in [0.15, 0.2) is 48.7 Å². The van der Waals surface area contributed by atoms with Crippen LogP contribution in [0, 0.1) is 11.8 Å². The summed E-state index contributed by atoms with van der Waals surface area (Å²) in [6.45, 7) is 10.4. The Balaban J connectivity index is 1.05. The number of alkyl carbamates (subject to hydrolysis) is 1. The molecule has 0 radical (unpaired) electrons. The van der Waals surface area contributed by atoms with Crippen LogP contribution in [0.3, 0.4) is 0 Å². The Hall–Kier alpha value is -6.16. The van der Waals surface area contributed by atoms with Crippen LogP contribution in [-0.4, -0.2) is 104 Å². The Morgan fingerprint density at radius 2 is 1.72 bits per heavy atom. The minimum Gasteiger partial charge on any atom is -0.488 e. The van der Waals surface area contributed by atoms with Gasteiger partial charge in [-0.1, -0.05) is 39.0 Å². The van der Waals surface area contributed by atoms with Crippen molar-refractivity contribution in [2.45, 2.75) is 96.8 Å². The molecule has 16 heteroatoms. The molecule has 8 rings (SSSR count). The van der Waals surface area contributed by atoms with E-state index in [9.17, 15) is 24.3 Å². The quantitative estimate of drug-likeness (QED) is 0.101. The first kappa shape index (κ1) is 40.6. The Bertz CT molecular complexity index is 2480. The number of aromatic amines is 2. The van der Waals surface area contributed by atoms with Crippen LogP contribution in [0.5, 0.6) is 5.75 Å². The molecular formula is C44H52N8O8. The van der Waals surface area contributed by atoms with Crippen molar-refractivity contribution in [2.24, 2.45) is 11.8 Å². The number of amides is 4. The molecule has 0 bridgehead atoms. The predicted octanol–water partition coefficient (Wildman–Crippen LogP) is 6.68. The van der Waals surface area contributed by atoms with Gasteiger partial charge in [-0.2, -0.15) is 0 Å². The second-order valence-electron chi connectivity index (χ2n) is 16.8. The highest BCUT2D eigenvalue weighted by molar-refractivity contribution is 6.07. The molecule has 0 aliphatic carbocycles. The highest BCUT2D eigenvalue weighted by Gasteiger charge is 2.43. The summed E-state index contributed by atoms with van der Waals surface area (Å²) in [5.41, 5.74) is 6.41. The summed E-state index contributed by atoms with van der Waals surface area (Å²) in [4.78, 5) is 71.7. The van der Waals surface area contributed by atoms with Gasteiger partial charge in [0.25, 0.3) is 0 Å². The fraction of sp³-hybridized carbons (Fsp3) is 0.455. The number of hydrogen-bond donors (Lipinski definition) is 5. The SMILES string of the molecule is COC(=O)N[C@H](C(=O)N1[C@@H](C)CC[C@H]1c1ncc(-c2ccc3c(c2)COc2cc4c(ccc5[nH]c([C@@H]6C[C@H](C)CN6C(=O)[C@@H](NC(=O)O)C(C)C)nc54)cc2-3)[nH]1)[C@@H](C)OC. The van der Waals surface area contributed by atoms with Crippen LogP contribution in [0.2, 0.25) is 0 Å². The Morgan fingerprint density at radius 3 is 2.45 bits per heavy atom. The Kier molecular flexibility index (Phi) is 10.9. The first-order valence-corrected chi connectivity index (χ1v) is 20.5. The molecule has 3 aromatic carbocycles. The predicted molar refractivity (Wildman–Crippen MR) is 223 cm³/mol. The molecule has 2 aromatic heterocycles. The third-order valence-electron chi connectivity index (χ3n) is 12.4. The van der Waals surface area contributed by atoms with Gasteiger partial charge in [0.15, 0.2) is 0 Å². The van der Waals surface area contributed by atoms with E-state index in [4.69, 9.17) is 24.2 Å². The zero-order valence-electron chi connectivity index (χ0n) is 34.9. The number of nitrogens with zero attached hydrogens (tertiary/aromatic N) is 4. The molecule has 5 heterocycles. The normalized spacial score (nSPS) is 21.3. The highest BCUT2D eigenvalue weighted by atomic mass is 16.5. The second kappa shape index (κ2) is 16.1. The average Bonchev–Trinajstić information content (AvgIpc) is 4.05. The molecule has 3 aliphatic rings. The van der Waals surface area contributed by atoms with E-state index in [-0.39, 0.29) is 41.8 Å². The summed E-state index contributed by atoms with van der Waals surface area (Å²) in [5, 5.41) is 16.4. The van der Waals surface area contributed by atoms with Crippen LogP contribution in [0.4, 0.5) is 9.59 Å². The molecule has 2 fully saturated rings. The van der Waals surface area contributed by atoms with Crippen molar-refractivity contribution >= 4 is 45.8 Å². The van der Waals surface area contributed by atoms with E-state index in [1.807, 2.05) is 32.9 Å². The molecule has 5 aromatic rings. The number of aromatic nitrogens is 4. The van der Waals surface area contributed by atoms with Gasteiger partial charge in [-0.3, -0.25) is 9.59 Å². The lowest BCUT2D eigenvalue weighted by Crippen LogP contribution is -2.55. The molecule has 4 amide bonds. The molecule has 2 saturated heterocycles. The zero-order valence-corrected chi connectivity index (χ0v) is 34.9. The molecule has 7 atom stereocenters. The molecule has 0 unspecified atom stereocenters. The summed E-state index contributed by atoms with van der Waals surface area (Å²) in [6, 6.07) is 12.0. The van der Waals surface area contributed by atoms with E-state index in [1.54, 1.807) is 22.9 Å². The van der Waals surface area contributed by atoms with Gasteiger partial charge in [-0.05, 0) is 91.3 Å². The van der Waals surface area contributed by atoms with Gasteiger partial charge in [0.1, 0.15) is 36.1 Å². The summed E-state index contributed by atoms with van der Waals surface area (Å²) >= 11 is 0. The number of nitrogens with one attached hydrogen (secondary N) is 4. The molecule has 316 valence electrons. The number of methoxy groups -OCH3 is 2. The van der Waals surface area contributed by atoms with Crippen LogP contribution in [-0.2, 0) is 25.7 Å². The number of likely N-dealkylation sites (tertiary alicyclic amines) is 2. The number of carbonyl (C=O) groups is 4. The number of carbonyl (C=O) groups excluding carboxylic acids is 3. The maximum Gasteiger partial charge on any atom is 0.407 e. The molecule has 60 heavy (non-hydrogen) atoms. The smallest absolute Gasteiger partial charge is 0.407 e. The highest BCUT2D eigenvalue weighted by Crippen LogP contribution is 2.44. The van der Waals surface area contributed by atoms with Crippen LogP contribution in [0.25, 0.3) is 44.2 Å². The van der Waals surface area contributed by atoms with Crippen LogP contribution < -0.4 is 15.4 Å². The minimum absolute atomic E-state index is 0.0743. The van der Waals surface area contributed by atoms with Crippen molar-refractivity contribution < 1.29 is 38.5 Å². The van der Waals surface area contributed by atoms with Crippen molar-refractivity contribution in [2.75, 3.05) is 20.8 Å². The third kappa shape index (κ3) is 7.37. The van der Waals surface area contributed by atoms with Crippen molar-refractivity contribution in [3.8, 4) is 28.1 Å². The Labute approximate surface area is 347 Å². The van der Waals surface area contributed by atoms with Crippen LogP contribution >= 0.6 is 0 Å². The van der Waals surface area contributed by atoms with E-state index in [2.05, 4.69) is 57.9 Å². The van der Waals surface area contributed by atoms with Crippen molar-refractivity contribution in [3.05, 3.63) is 65.9 Å². The lowest BCUT2D eigenvalue weighted by atomic mass is 9.92. The first-order valence-electron chi connectivity index (χ1n) is 20.5. The zero-order chi connectivity index (χ0) is 42.6. The van der Waals surface area contributed by atoms with Gasteiger partial charge in [-0.25, -0.2) is 19.6 Å². The number of fused-ring (bicyclic) bond motifs is 6. The summed E-state index contributed by atoms with van der Waals surface area (Å²) in [5.74, 6) is 1.58. The number of H-pyrrole nitrogens is 2. The standard InChI is InChI=1S/C44H52N8O8/c1-21(2)36(49-43(55)56)41(53)51-19-22(3)14-34(51)40-46-31-12-10-25-16-30-28-11-9-26(15-27(28)20-60-35(30)17-29(25)38(31)48-40)32-18-45-39(47-32)33-13-8-23(4)52(33)42(54)37(24(5)58-6)50-44(57)59-7/h9-12,15-18,21-24,33-34,36-37,49H,8,13-14,19-20H2,1-7H3,(H,45,47)(H,46,48)(H,50,57)(H,55,56)/t22-,23-,24+,33-,34-,36-,37-/m0/s1. The third-order valence-corrected chi connectivity index (χ3v) is 12.4. The van der Waals surface area contributed by atoms with E-state index in [0.29, 0.717) is 37.6 Å². The van der Waals surface area contributed by atoms with E-state index in [0.717, 1.165) is 61.9 Å². The van der Waals surface area contributed by atoms with E-state index >= 15 is 0 Å². The lowest BCUT2D eigenvalue weighted by molar-refractivity contribution is -0.139. The second-order valence-corrected chi connectivity index (χ2v) is 16.8. The van der Waals surface area contributed by atoms with Crippen molar-refractivity contribution in [1.82, 2.24) is 40.4 Å². The summed E-state index contributed by atoms with van der Waals surface area (Å²) in [6.07, 6.45) is 1.48. The van der Waals surface area contributed by atoms with Crippen molar-refractivity contribution in [3.63, 3.8) is 0 Å². The van der Waals surface area contributed by atoms with E-state index < -0.39 is 30.4 Å². The average molecular weight is 821 g/mol. The molecule has 5 N–H and O–H groups in total. The molecule has 0 saturated carbocycles. The van der Waals surface area contributed by atoms with E-state index in [1.165, 1.54) is 14.2 Å². The maximum atomic E-state index is 13.9. The first-order chi connectivity index (χ1) is 28.8. The van der Waals surface area contributed by atoms with Crippen molar-refractivity contribution in [1.29, 1.82) is 0 Å². The van der Waals surface area contributed by atoms with Gasteiger partial charge in [0, 0.05) is 30.6 Å². The van der Waals surface area contributed by atoms with Gasteiger partial charge in [0.05, 0.1) is 48.2 Å². The number of rotatable bonds is 10. The number of imidazole rings is 2. The van der Waals surface area contributed by atoms with Gasteiger partial charge in [-0.15, -0.1) is 0 Å². The van der Waals surface area contributed by atoms with Gasteiger partial charge in [0.2, 0.25) is 11.8 Å². The monoisotopic (exact) mass is 820 g/mol. The fourth-order valence-corrected chi connectivity index (χ4v) is 9.14. The Morgan fingerprint density at radius 1 is 0.917 bits per heavy atom. The van der Waals surface area contributed by atoms with Gasteiger partial charge >= 0.3 is 12.2 Å². The number of carboxylic acid groups (broad SMARTS) is 1. The molecule has 16 nitrogen and oxygen atoms in total. The molecule has 3 aliphatic heterocycles. The molecule has 0 spiro atoms. The molecular weight excluding hydrogens is 769 g/mol. The van der Waals surface area contributed by atoms with Gasteiger partial charge < -0.3 is 49.7 Å². The minimum atomic E-state index is -1.22. The number of hydrogen-bond acceptors (Lipinski definition) is 9. The largest absolute Gasteiger partial charge is 0.488 e. The topological polar surface area (TPSA) is 204 Å². The van der Waals surface area contributed by atoms with Crippen LogP contribution in [0.1, 0.15) is 83.2 Å².